The van der Waals surface area contributed by atoms with Crippen LogP contribution in [-0.2, 0) is 6.54 Å². The van der Waals surface area contributed by atoms with Gasteiger partial charge in [0.2, 0.25) is 0 Å². The molecule has 0 amide bonds. The van der Waals surface area contributed by atoms with Crippen LogP contribution in [0.15, 0.2) is 55.2 Å². The van der Waals surface area contributed by atoms with Gasteiger partial charge >= 0.3 is 0 Å². The zero-order valence-electron chi connectivity index (χ0n) is 22.1. The molecule has 4 heterocycles. The summed E-state index contributed by atoms with van der Waals surface area (Å²) >= 11 is 0. The standard InChI is InChI=1S/C31H34F2N6/c1-21(35-24-9-11-29(34-19-24)39-14-6-3-7-15-39)31-26-18-23(8-10-28(26)36-37-31)25-16-22(17-27(32)30(25)33)20-38-12-4-2-5-13-38/h8-11,16-19,35H,1-7,12-15,20H2,(H,36,37). The molecule has 0 aliphatic carbocycles. The van der Waals surface area contributed by atoms with E-state index in [1.165, 1.54) is 31.7 Å². The van der Waals surface area contributed by atoms with Gasteiger partial charge in [-0.25, -0.2) is 13.8 Å². The number of likely N-dealkylation sites (tertiary alicyclic amines) is 1. The average molecular weight is 529 g/mol. The molecule has 2 N–H and O–H groups in total. The number of hydrogen-bond acceptors (Lipinski definition) is 5. The van der Waals surface area contributed by atoms with Crippen molar-refractivity contribution in [1.82, 2.24) is 20.1 Å². The Morgan fingerprint density at radius 2 is 1.69 bits per heavy atom. The summed E-state index contributed by atoms with van der Waals surface area (Å²) in [5, 5.41) is 11.6. The number of aromatic nitrogens is 3. The third-order valence-corrected chi connectivity index (χ3v) is 7.83. The number of piperidine rings is 2. The molecule has 0 bridgehead atoms. The SMILES string of the molecule is C=C(Nc1ccc(N2CCCCC2)nc1)c1n[nH]c2ccc(-c3cc(CN4CCCCC4)cc(F)c3F)cc12. The highest BCUT2D eigenvalue weighted by atomic mass is 19.2. The number of benzene rings is 2. The number of hydrogen-bond donors (Lipinski definition) is 2. The number of fused-ring (bicyclic) bond motifs is 1. The van der Waals surface area contributed by atoms with Crippen LogP contribution in [0.3, 0.4) is 0 Å². The number of H-pyrrole nitrogens is 1. The van der Waals surface area contributed by atoms with Crippen molar-refractivity contribution >= 4 is 28.1 Å². The summed E-state index contributed by atoms with van der Waals surface area (Å²) in [6.07, 6.45) is 9.01. The van der Waals surface area contributed by atoms with Gasteiger partial charge in [-0.15, -0.1) is 0 Å². The number of anilines is 2. The van der Waals surface area contributed by atoms with Crippen molar-refractivity contribution in [3.8, 4) is 11.1 Å². The summed E-state index contributed by atoms with van der Waals surface area (Å²) in [4.78, 5) is 9.25. The minimum atomic E-state index is -0.835. The van der Waals surface area contributed by atoms with Crippen molar-refractivity contribution in [3.05, 3.63) is 78.1 Å². The van der Waals surface area contributed by atoms with Gasteiger partial charge in [0, 0.05) is 30.6 Å². The lowest BCUT2D eigenvalue weighted by atomic mass is 9.99. The fourth-order valence-corrected chi connectivity index (χ4v) is 5.74. The van der Waals surface area contributed by atoms with E-state index in [4.69, 9.17) is 0 Å². The molecular weight excluding hydrogens is 494 g/mol. The predicted octanol–water partition coefficient (Wildman–Crippen LogP) is 6.96. The number of pyridine rings is 1. The zero-order valence-corrected chi connectivity index (χ0v) is 22.1. The van der Waals surface area contributed by atoms with Crippen LogP contribution < -0.4 is 10.2 Å². The smallest absolute Gasteiger partial charge is 0.166 e. The third-order valence-electron chi connectivity index (χ3n) is 7.83. The molecule has 2 aromatic heterocycles. The van der Waals surface area contributed by atoms with Gasteiger partial charge in [0.15, 0.2) is 11.6 Å². The van der Waals surface area contributed by atoms with E-state index in [1.54, 1.807) is 18.3 Å². The van der Waals surface area contributed by atoms with Gasteiger partial charge in [0.05, 0.1) is 23.1 Å². The molecule has 0 radical (unpaired) electrons. The molecule has 4 aromatic rings. The third kappa shape index (κ3) is 5.52. The second-order valence-corrected chi connectivity index (χ2v) is 10.7. The van der Waals surface area contributed by atoms with Crippen molar-refractivity contribution in [3.63, 3.8) is 0 Å². The number of nitrogens with zero attached hydrogens (tertiary/aromatic N) is 4. The van der Waals surface area contributed by atoms with Crippen molar-refractivity contribution in [2.24, 2.45) is 0 Å². The Labute approximate surface area is 227 Å². The van der Waals surface area contributed by atoms with Crippen LogP contribution in [0.25, 0.3) is 27.7 Å². The molecule has 0 atom stereocenters. The molecule has 2 aliphatic heterocycles. The van der Waals surface area contributed by atoms with Crippen LogP contribution >= 0.6 is 0 Å². The van der Waals surface area contributed by atoms with E-state index >= 15 is 4.39 Å². The van der Waals surface area contributed by atoms with E-state index in [1.807, 2.05) is 24.3 Å². The Hall–Kier alpha value is -3.78. The molecule has 2 aromatic carbocycles. The van der Waals surface area contributed by atoms with Gasteiger partial charge in [-0.2, -0.15) is 5.10 Å². The number of nitrogens with one attached hydrogen (secondary N) is 2. The van der Waals surface area contributed by atoms with E-state index in [0.29, 0.717) is 23.5 Å². The summed E-state index contributed by atoms with van der Waals surface area (Å²) in [7, 11) is 0. The molecule has 202 valence electrons. The summed E-state index contributed by atoms with van der Waals surface area (Å²) in [5.41, 5.74) is 4.46. The summed E-state index contributed by atoms with van der Waals surface area (Å²) in [6, 6.07) is 12.6. The zero-order chi connectivity index (χ0) is 26.8. The monoisotopic (exact) mass is 528 g/mol. The highest BCUT2D eigenvalue weighted by Crippen LogP contribution is 2.32. The highest BCUT2D eigenvalue weighted by molar-refractivity contribution is 5.95. The lowest BCUT2D eigenvalue weighted by Gasteiger charge is -2.27. The Morgan fingerprint density at radius 3 is 2.44 bits per heavy atom. The minimum Gasteiger partial charge on any atom is -0.357 e. The number of aromatic amines is 1. The fourth-order valence-electron chi connectivity index (χ4n) is 5.74. The maximum atomic E-state index is 15.0. The molecule has 0 spiro atoms. The lowest BCUT2D eigenvalue weighted by molar-refractivity contribution is 0.220. The van der Waals surface area contributed by atoms with E-state index in [2.05, 4.69) is 36.9 Å². The molecule has 39 heavy (non-hydrogen) atoms. The molecule has 6 nitrogen and oxygen atoms in total. The van der Waals surface area contributed by atoms with Crippen LogP contribution in [0.5, 0.6) is 0 Å². The summed E-state index contributed by atoms with van der Waals surface area (Å²) < 4.78 is 29.7. The topological polar surface area (TPSA) is 60.1 Å². The first-order valence-corrected chi connectivity index (χ1v) is 13.9. The molecule has 2 fully saturated rings. The maximum Gasteiger partial charge on any atom is 0.166 e. The molecule has 2 aliphatic rings. The van der Waals surface area contributed by atoms with Crippen molar-refractivity contribution in [2.45, 2.75) is 45.1 Å². The van der Waals surface area contributed by atoms with Crippen molar-refractivity contribution in [1.29, 1.82) is 0 Å². The second-order valence-electron chi connectivity index (χ2n) is 10.7. The summed E-state index contributed by atoms with van der Waals surface area (Å²) in [5.74, 6) is -0.672. The van der Waals surface area contributed by atoms with E-state index in [9.17, 15) is 4.39 Å². The Morgan fingerprint density at radius 1 is 0.923 bits per heavy atom. The van der Waals surface area contributed by atoms with Crippen LogP contribution in [0.2, 0.25) is 0 Å². The molecule has 0 saturated carbocycles. The maximum absolute atomic E-state index is 15.0. The lowest BCUT2D eigenvalue weighted by Crippen LogP contribution is -2.30. The molecule has 2 saturated heterocycles. The molecule has 8 heteroatoms. The van der Waals surface area contributed by atoms with Crippen LogP contribution in [0.1, 0.15) is 49.8 Å². The van der Waals surface area contributed by atoms with Gasteiger partial charge in [-0.3, -0.25) is 10.00 Å². The van der Waals surface area contributed by atoms with Gasteiger partial charge in [0.25, 0.3) is 0 Å². The van der Waals surface area contributed by atoms with E-state index in [-0.39, 0.29) is 5.56 Å². The van der Waals surface area contributed by atoms with Gasteiger partial charge in [-0.1, -0.05) is 19.1 Å². The normalized spacial score (nSPS) is 16.5. The van der Waals surface area contributed by atoms with Gasteiger partial charge < -0.3 is 10.2 Å². The first-order valence-electron chi connectivity index (χ1n) is 13.9. The molecule has 6 rings (SSSR count). The fraction of sp³-hybridized carbons (Fsp3) is 0.355. The van der Waals surface area contributed by atoms with Crippen molar-refractivity contribution < 1.29 is 8.78 Å². The second kappa shape index (κ2) is 11.1. The predicted molar refractivity (Wildman–Crippen MR) is 154 cm³/mol. The minimum absolute atomic E-state index is 0.257. The Bertz CT molecular complexity index is 1470. The number of halogens is 2. The average Bonchev–Trinajstić information content (AvgIpc) is 3.40. The largest absolute Gasteiger partial charge is 0.357 e. The number of rotatable bonds is 7. The quantitative estimate of drug-likeness (QED) is 0.272. The summed E-state index contributed by atoms with van der Waals surface area (Å²) in [6.45, 7) is 8.88. The first kappa shape index (κ1) is 25.5. The van der Waals surface area contributed by atoms with E-state index < -0.39 is 11.6 Å². The van der Waals surface area contributed by atoms with Crippen LogP contribution in [0.4, 0.5) is 20.3 Å². The van der Waals surface area contributed by atoms with E-state index in [0.717, 1.165) is 67.0 Å². The Kier molecular flexibility index (Phi) is 7.28. The van der Waals surface area contributed by atoms with Gasteiger partial charge in [0.1, 0.15) is 11.5 Å². The van der Waals surface area contributed by atoms with Crippen LogP contribution in [-0.4, -0.2) is 46.3 Å². The Balaban J connectivity index is 1.24. The highest BCUT2D eigenvalue weighted by Gasteiger charge is 2.18. The molecular formula is C31H34F2N6. The molecule has 0 unspecified atom stereocenters. The van der Waals surface area contributed by atoms with Crippen LogP contribution in [0, 0.1) is 11.6 Å². The van der Waals surface area contributed by atoms with Gasteiger partial charge in [-0.05, 0) is 92.7 Å². The first-order chi connectivity index (χ1) is 19.0. The van der Waals surface area contributed by atoms with Crippen molar-refractivity contribution in [2.75, 3.05) is 36.4 Å².